The Balaban J connectivity index is 1.95. The Labute approximate surface area is 165 Å². The van der Waals surface area contributed by atoms with Crippen LogP contribution in [0, 0.1) is 11.3 Å². The first-order chi connectivity index (χ1) is 14.1. The number of rotatable bonds is 4. The van der Waals surface area contributed by atoms with Crippen LogP contribution in [-0.4, -0.2) is 30.9 Å². The number of fused-ring (bicyclic) bond motifs is 1. The molecule has 8 nitrogen and oxygen atoms in total. The zero-order valence-corrected chi connectivity index (χ0v) is 15.5. The number of carbonyl (C=O) groups excluding carboxylic acids is 1. The summed E-state index contributed by atoms with van der Waals surface area (Å²) in [5, 5.41) is 21.1. The summed E-state index contributed by atoms with van der Waals surface area (Å²) >= 11 is 0. The molecule has 3 N–H and O–H groups in total. The predicted molar refractivity (Wildman–Crippen MR) is 107 cm³/mol. The van der Waals surface area contributed by atoms with Crippen LogP contribution in [0.5, 0.6) is 0 Å². The summed E-state index contributed by atoms with van der Waals surface area (Å²) in [6.45, 7) is 1.28. The molecule has 0 spiro atoms. The molecule has 0 atom stereocenters. The summed E-state index contributed by atoms with van der Waals surface area (Å²) in [6, 6.07) is 11.0. The van der Waals surface area contributed by atoms with E-state index in [2.05, 4.69) is 31.3 Å². The van der Waals surface area contributed by atoms with E-state index in [9.17, 15) is 15.2 Å². The minimum absolute atomic E-state index is 0.144. The van der Waals surface area contributed by atoms with Gasteiger partial charge in [0.2, 0.25) is 5.91 Å². The van der Waals surface area contributed by atoms with E-state index in [1.165, 1.54) is 13.1 Å². The largest absolute Gasteiger partial charge is 0.390 e. The molecule has 0 saturated carbocycles. The van der Waals surface area contributed by atoms with Crippen LogP contribution in [0.15, 0.2) is 48.9 Å². The number of H-pyrrole nitrogens is 1. The fourth-order valence-corrected chi connectivity index (χ4v) is 3.13. The fourth-order valence-electron chi connectivity index (χ4n) is 3.13. The Morgan fingerprint density at radius 2 is 2.03 bits per heavy atom. The van der Waals surface area contributed by atoms with E-state index in [1.54, 1.807) is 30.6 Å². The Hall–Kier alpha value is -4.09. The SMILES string of the molecule is CC(=O)Nc1cc(-c2[nH]c3cc(C#N)cnc3c2-c2ccc(CO)nc2)ccn1. The summed E-state index contributed by atoms with van der Waals surface area (Å²) in [4.78, 5) is 27.6. The number of nitriles is 1. The fraction of sp³-hybridized carbons (Fsp3) is 0.0952. The van der Waals surface area contributed by atoms with Crippen LogP contribution >= 0.6 is 0 Å². The van der Waals surface area contributed by atoms with Gasteiger partial charge in [-0.1, -0.05) is 6.07 Å². The van der Waals surface area contributed by atoms with Gasteiger partial charge in [-0.25, -0.2) is 4.98 Å². The molecule has 0 bridgehead atoms. The van der Waals surface area contributed by atoms with Gasteiger partial charge in [0.05, 0.1) is 34.6 Å². The second kappa shape index (κ2) is 7.50. The van der Waals surface area contributed by atoms with Crippen molar-refractivity contribution in [3.05, 3.63) is 60.2 Å². The third-order valence-corrected chi connectivity index (χ3v) is 4.39. The minimum atomic E-state index is -0.212. The molecule has 142 valence electrons. The molecular weight excluding hydrogens is 368 g/mol. The number of anilines is 1. The summed E-state index contributed by atoms with van der Waals surface area (Å²) in [5.74, 6) is 0.217. The quantitative estimate of drug-likeness (QED) is 0.496. The number of aromatic nitrogens is 4. The van der Waals surface area contributed by atoms with Crippen molar-refractivity contribution >= 4 is 22.8 Å². The van der Waals surface area contributed by atoms with Crippen molar-refractivity contribution in [2.75, 3.05) is 5.32 Å². The maximum Gasteiger partial charge on any atom is 0.222 e. The third-order valence-electron chi connectivity index (χ3n) is 4.39. The van der Waals surface area contributed by atoms with Crippen molar-refractivity contribution in [3.63, 3.8) is 0 Å². The molecule has 0 unspecified atom stereocenters. The molecule has 0 saturated heterocycles. The molecule has 0 aliphatic carbocycles. The summed E-state index contributed by atoms with van der Waals surface area (Å²) in [6.07, 6.45) is 4.80. The van der Waals surface area contributed by atoms with Crippen molar-refractivity contribution in [1.29, 1.82) is 5.26 Å². The average molecular weight is 384 g/mol. The molecule has 4 aromatic rings. The van der Waals surface area contributed by atoms with Gasteiger partial charge < -0.3 is 15.4 Å². The Morgan fingerprint density at radius 1 is 1.17 bits per heavy atom. The smallest absolute Gasteiger partial charge is 0.222 e. The highest BCUT2D eigenvalue weighted by Gasteiger charge is 2.18. The minimum Gasteiger partial charge on any atom is -0.390 e. The molecule has 29 heavy (non-hydrogen) atoms. The number of nitrogens with zero attached hydrogens (tertiary/aromatic N) is 4. The summed E-state index contributed by atoms with van der Waals surface area (Å²) in [7, 11) is 0. The lowest BCUT2D eigenvalue weighted by molar-refractivity contribution is -0.114. The van der Waals surface area contributed by atoms with Gasteiger partial charge in [0, 0.05) is 42.2 Å². The van der Waals surface area contributed by atoms with Crippen molar-refractivity contribution in [2.45, 2.75) is 13.5 Å². The number of aliphatic hydroxyl groups is 1. The molecule has 0 aromatic carbocycles. The number of pyridine rings is 3. The van der Waals surface area contributed by atoms with E-state index in [4.69, 9.17) is 0 Å². The summed E-state index contributed by atoms with van der Waals surface area (Å²) < 4.78 is 0. The first-order valence-corrected chi connectivity index (χ1v) is 8.81. The lowest BCUT2D eigenvalue weighted by atomic mass is 10.0. The highest BCUT2D eigenvalue weighted by atomic mass is 16.3. The lowest BCUT2D eigenvalue weighted by Crippen LogP contribution is -2.07. The first kappa shape index (κ1) is 18.3. The number of nitrogens with one attached hydrogen (secondary N) is 2. The van der Waals surface area contributed by atoms with Crippen LogP contribution < -0.4 is 5.32 Å². The van der Waals surface area contributed by atoms with Gasteiger partial charge in [-0.2, -0.15) is 5.26 Å². The van der Waals surface area contributed by atoms with Crippen LogP contribution in [-0.2, 0) is 11.4 Å². The lowest BCUT2D eigenvalue weighted by Gasteiger charge is -2.07. The molecule has 0 fully saturated rings. The molecule has 4 rings (SSSR count). The Kier molecular flexibility index (Phi) is 4.73. The van der Waals surface area contributed by atoms with Gasteiger partial charge in [0.15, 0.2) is 0 Å². The number of hydrogen-bond acceptors (Lipinski definition) is 6. The van der Waals surface area contributed by atoms with Crippen LogP contribution in [0.3, 0.4) is 0 Å². The van der Waals surface area contributed by atoms with Crippen molar-refractivity contribution in [2.24, 2.45) is 0 Å². The van der Waals surface area contributed by atoms with Gasteiger partial charge in [-0.3, -0.25) is 14.8 Å². The van der Waals surface area contributed by atoms with Crippen LogP contribution in [0.25, 0.3) is 33.4 Å². The van der Waals surface area contributed by atoms with Crippen LogP contribution in [0.4, 0.5) is 5.82 Å². The molecule has 0 aliphatic rings. The van der Waals surface area contributed by atoms with Gasteiger partial charge in [-0.05, 0) is 24.3 Å². The number of carbonyl (C=O) groups is 1. The van der Waals surface area contributed by atoms with Crippen LogP contribution in [0.1, 0.15) is 18.2 Å². The highest BCUT2D eigenvalue weighted by molar-refractivity contribution is 6.02. The normalized spacial score (nSPS) is 10.7. The molecule has 0 radical (unpaired) electrons. The molecular formula is C21H16N6O2. The number of aromatic amines is 1. The molecule has 0 aliphatic heterocycles. The van der Waals surface area contributed by atoms with E-state index in [0.717, 1.165) is 22.4 Å². The van der Waals surface area contributed by atoms with Gasteiger partial charge in [0.1, 0.15) is 11.9 Å². The topological polar surface area (TPSA) is 128 Å². The first-order valence-electron chi connectivity index (χ1n) is 8.81. The second-order valence-corrected chi connectivity index (χ2v) is 6.41. The van der Waals surface area contributed by atoms with Gasteiger partial charge >= 0.3 is 0 Å². The molecule has 4 aromatic heterocycles. The van der Waals surface area contributed by atoms with Crippen molar-refractivity contribution < 1.29 is 9.90 Å². The van der Waals surface area contributed by atoms with Gasteiger partial charge in [-0.15, -0.1) is 0 Å². The van der Waals surface area contributed by atoms with E-state index in [-0.39, 0.29) is 12.5 Å². The van der Waals surface area contributed by atoms with Crippen molar-refractivity contribution in [1.82, 2.24) is 19.9 Å². The number of amides is 1. The van der Waals surface area contributed by atoms with E-state index < -0.39 is 0 Å². The van der Waals surface area contributed by atoms with Gasteiger partial charge in [0.25, 0.3) is 0 Å². The predicted octanol–water partition coefficient (Wildman–Crippen LogP) is 3.01. The number of aliphatic hydroxyl groups excluding tert-OH is 1. The average Bonchev–Trinajstić information content (AvgIpc) is 3.12. The molecule has 4 heterocycles. The van der Waals surface area contributed by atoms with E-state index >= 15 is 0 Å². The van der Waals surface area contributed by atoms with E-state index in [1.807, 2.05) is 12.1 Å². The second-order valence-electron chi connectivity index (χ2n) is 6.41. The van der Waals surface area contributed by atoms with Crippen molar-refractivity contribution in [3.8, 4) is 28.5 Å². The maximum atomic E-state index is 11.4. The molecule has 8 heteroatoms. The third kappa shape index (κ3) is 3.54. The zero-order chi connectivity index (χ0) is 20.4. The monoisotopic (exact) mass is 384 g/mol. The summed E-state index contributed by atoms with van der Waals surface area (Å²) in [5.41, 5.74) is 5.57. The van der Waals surface area contributed by atoms with Crippen LogP contribution in [0.2, 0.25) is 0 Å². The zero-order valence-electron chi connectivity index (χ0n) is 15.5. The van der Waals surface area contributed by atoms with E-state index in [0.29, 0.717) is 28.1 Å². The Morgan fingerprint density at radius 3 is 2.72 bits per heavy atom. The Bertz CT molecular complexity index is 1250. The number of hydrogen-bond donors (Lipinski definition) is 3. The maximum absolute atomic E-state index is 11.4. The highest BCUT2D eigenvalue weighted by Crippen LogP contribution is 2.37. The molecule has 1 amide bonds. The standard InChI is InChI=1S/C21H16N6O2/c1-12(29)26-18-7-14(4-5-23-18)20-19(15-2-3-16(11-28)24-10-15)21-17(27-20)6-13(8-22)9-25-21/h2-7,9-10,27-28H,11H2,1H3,(H,23,26,29).